The van der Waals surface area contributed by atoms with E-state index in [0.29, 0.717) is 16.8 Å². The Bertz CT molecular complexity index is 889. The number of thiocarbonyl (C=S) groups is 1. The molecule has 3 N–H and O–H groups in total. The highest BCUT2D eigenvalue weighted by molar-refractivity contribution is 7.80. The Kier molecular flexibility index (Phi) is 4.20. The number of benzene rings is 2. The van der Waals surface area contributed by atoms with Crippen LogP contribution >= 0.6 is 12.2 Å². The van der Waals surface area contributed by atoms with Gasteiger partial charge < -0.3 is 20.1 Å². The molecule has 0 fully saturated rings. The Morgan fingerprint density at radius 1 is 1.17 bits per heavy atom. The van der Waals surface area contributed by atoms with Crippen molar-refractivity contribution in [3.63, 3.8) is 0 Å². The van der Waals surface area contributed by atoms with Crippen LogP contribution in [0.25, 0.3) is 10.9 Å². The van der Waals surface area contributed by atoms with Gasteiger partial charge in [0.25, 0.3) is 0 Å². The number of H-pyrrole nitrogens is 1. The second-order valence-corrected chi connectivity index (χ2v) is 5.08. The number of methoxy groups -OCH3 is 1. The van der Waals surface area contributed by atoms with E-state index in [4.69, 9.17) is 17.0 Å². The van der Waals surface area contributed by atoms with E-state index < -0.39 is 0 Å². The van der Waals surface area contributed by atoms with Gasteiger partial charge in [-0.2, -0.15) is 0 Å². The summed E-state index contributed by atoms with van der Waals surface area (Å²) < 4.78 is 5.23. The molecule has 3 aromatic rings. The highest BCUT2D eigenvalue weighted by Gasteiger charge is 2.09. The average Bonchev–Trinajstić information content (AvgIpc) is 2.90. The molecule has 116 valence electrons. The normalized spacial score (nSPS) is 11.0. The first kappa shape index (κ1) is 15.0. The molecule has 0 aliphatic rings. The van der Waals surface area contributed by atoms with Gasteiger partial charge in [-0.15, -0.1) is 10.2 Å². The molecule has 0 radical (unpaired) electrons. The molecule has 0 aliphatic heterocycles. The molecule has 0 aliphatic carbocycles. The lowest BCUT2D eigenvalue weighted by atomic mass is 10.2. The molecular weight excluding hydrogens is 312 g/mol. The maximum Gasteiger partial charge on any atom is 0.218 e. The zero-order valence-corrected chi connectivity index (χ0v) is 13.1. The van der Waals surface area contributed by atoms with Gasteiger partial charge in [-0.1, -0.05) is 24.3 Å². The maximum atomic E-state index is 10.1. The van der Waals surface area contributed by atoms with Crippen molar-refractivity contribution in [3.8, 4) is 11.5 Å². The Morgan fingerprint density at radius 3 is 2.70 bits per heavy atom. The van der Waals surface area contributed by atoms with Crippen LogP contribution in [0.1, 0.15) is 0 Å². The minimum atomic E-state index is 0.0458. The Hall–Kier alpha value is -2.93. The lowest BCUT2D eigenvalue weighted by Gasteiger charge is -2.08. The van der Waals surface area contributed by atoms with Crippen LogP contribution in [0.15, 0.2) is 58.8 Å². The van der Waals surface area contributed by atoms with E-state index in [1.54, 1.807) is 13.2 Å². The van der Waals surface area contributed by atoms with Gasteiger partial charge >= 0.3 is 0 Å². The number of nitrogens with one attached hydrogen (secondary N) is 2. The molecule has 1 aromatic heterocycles. The number of fused-ring (bicyclic) bond motifs is 1. The van der Waals surface area contributed by atoms with Crippen molar-refractivity contribution >= 4 is 39.7 Å². The summed E-state index contributed by atoms with van der Waals surface area (Å²) in [5, 5.41) is 21.8. The van der Waals surface area contributed by atoms with Crippen molar-refractivity contribution in [1.82, 2.24) is 4.98 Å². The van der Waals surface area contributed by atoms with E-state index in [-0.39, 0.29) is 16.7 Å². The van der Waals surface area contributed by atoms with E-state index in [1.807, 2.05) is 42.5 Å². The molecule has 7 heteroatoms. The molecule has 0 spiro atoms. The summed E-state index contributed by atoms with van der Waals surface area (Å²) in [4.78, 5) is 2.98. The minimum Gasteiger partial charge on any atom is -0.504 e. The molecule has 23 heavy (non-hydrogen) atoms. The number of rotatable bonds is 3. The smallest absolute Gasteiger partial charge is 0.218 e. The van der Waals surface area contributed by atoms with E-state index in [0.717, 1.165) is 5.52 Å². The summed E-state index contributed by atoms with van der Waals surface area (Å²) in [5.74, 6) is 0.957. The monoisotopic (exact) mass is 326 g/mol. The standard InChI is InChI=1S/C16H14N4O2S/c1-22-13-9-5-4-8-12(13)18-16(23)20-19-15-14(21)10-6-2-3-7-11(10)17-15/h2-9,17,21H,1H3,(H,18,23). The Balaban J connectivity index is 1.79. The van der Waals surface area contributed by atoms with Gasteiger partial charge in [-0.05, 0) is 36.5 Å². The fraction of sp³-hybridized carbons (Fsp3) is 0.0625. The third-order valence-electron chi connectivity index (χ3n) is 3.25. The molecule has 0 unspecified atom stereocenters. The van der Waals surface area contributed by atoms with Gasteiger partial charge in [0.2, 0.25) is 5.11 Å². The lowest BCUT2D eigenvalue weighted by Crippen LogP contribution is -2.06. The maximum absolute atomic E-state index is 10.1. The summed E-state index contributed by atoms with van der Waals surface area (Å²) in [6.07, 6.45) is 0. The number of azo groups is 1. The van der Waals surface area contributed by atoms with E-state index in [9.17, 15) is 5.11 Å². The molecule has 3 rings (SSSR count). The van der Waals surface area contributed by atoms with Crippen LogP contribution in [0.5, 0.6) is 11.5 Å². The van der Waals surface area contributed by atoms with Crippen molar-refractivity contribution in [2.75, 3.05) is 12.4 Å². The second-order valence-electron chi connectivity index (χ2n) is 4.70. The van der Waals surface area contributed by atoms with Gasteiger partial charge in [-0.3, -0.25) is 0 Å². The first-order valence-corrected chi connectivity index (χ1v) is 7.25. The first-order chi connectivity index (χ1) is 11.2. The molecule has 0 bridgehead atoms. The van der Waals surface area contributed by atoms with E-state index in [1.165, 1.54) is 0 Å². The fourth-order valence-corrected chi connectivity index (χ4v) is 2.32. The van der Waals surface area contributed by atoms with Gasteiger partial charge in [-0.25, -0.2) is 0 Å². The van der Waals surface area contributed by atoms with Crippen LogP contribution < -0.4 is 10.1 Å². The van der Waals surface area contributed by atoms with Gasteiger partial charge in [0.1, 0.15) is 5.75 Å². The number of nitrogens with zero attached hydrogens (tertiary/aromatic N) is 2. The van der Waals surface area contributed by atoms with Crippen LogP contribution in [0.4, 0.5) is 11.5 Å². The molecule has 1 heterocycles. The predicted octanol–water partition coefficient (Wildman–Crippen LogP) is 4.36. The molecular formula is C16H14N4O2S. The topological polar surface area (TPSA) is 82.0 Å². The van der Waals surface area contributed by atoms with Crippen LogP contribution in [0.3, 0.4) is 0 Å². The van der Waals surface area contributed by atoms with Crippen LogP contribution in [-0.2, 0) is 0 Å². The van der Waals surface area contributed by atoms with Crippen molar-refractivity contribution in [2.24, 2.45) is 10.2 Å². The van der Waals surface area contributed by atoms with Crippen molar-refractivity contribution in [3.05, 3.63) is 48.5 Å². The van der Waals surface area contributed by atoms with E-state index in [2.05, 4.69) is 20.5 Å². The number of hydrogen-bond acceptors (Lipinski definition) is 4. The summed E-state index contributed by atoms with van der Waals surface area (Å²) in [7, 11) is 1.58. The van der Waals surface area contributed by atoms with Crippen LogP contribution in [0, 0.1) is 0 Å². The van der Waals surface area contributed by atoms with E-state index >= 15 is 0 Å². The average molecular weight is 326 g/mol. The number of aromatic hydroxyl groups is 1. The van der Waals surface area contributed by atoms with Crippen molar-refractivity contribution in [2.45, 2.75) is 0 Å². The summed E-state index contributed by atoms with van der Waals surface area (Å²) in [6, 6.07) is 14.7. The van der Waals surface area contributed by atoms with Crippen molar-refractivity contribution in [1.29, 1.82) is 0 Å². The zero-order chi connectivity index (χ0) is 16.2. The second kappa shape index (κ2) is 6.45. The van der Waals surface area contributed by atoms with Gasteiger partial charge in [0.05, 0.1) is 18.3 Å². The summed E-state index contributed by atoms with van der Waals surface area (Å²) in [5.41, 5.74) is 1.47. The van der Waals surface area contributed by atoms with Gasteiger partial charge in [0.15, 0.2) is 11.6 Å². The third kappa shape index (κ3) is 3.14. The molecule has 0 atom stereocenters. The number of aromatic nitrogens is 1. The summed E-state index contributed by atoms with van der Waals surface area (Å²) in [6.45, 7) is 0. The largest absolute Gasteiger partial charge is 0.504 e. The quantitative estimate of drug-likeness (QED) is 0.493. The van der Waals surface area contributed by atoms with Crippen LogP contribution in [0.2, 0.25) is 0 Å². The Labute approximate surface area is 137 Å². The highest BCUT2D eigenvalue weighted by Crippen LogP contribution is 2.34. The third-order valence-corrected chi connectivity index (χ3v) is 3.43. The fourth-order valence-electron chi connectivity index (χ4n) is 2.17. The SMILES string of the molecule is COc1ccccc1NC(=S)N=Nc1[nH]c2ccccc2c1O. The number of anilines is 1. The zero-order valence-electron chi connectivity index (χ0n) is 12.3. The summed E-state index contributed by atoms with van der Waals surface area (Å²) >= 11 is 5.14. The first-order valence-electron chi connectivity index (χ1n) is 6.84. The highest BCUT2D eigenvalue weighted by atomic mass is 32.1. The van der Waals surface area contributed by atoms with Crippen LogP contribution in [-0.4, -0.2) is 22.3 Å². The number of ether oxygens (including phenoxy) is 1. The molecule has 0 saturated carbocycles. The predicted molar refractivity (Wildman–Crippen MR) is 93.7 cm³/mol. The number of para-hydroxylation sites is 3. The number of hydrogen-bond donors (Lipinski definition) is 3. The Morgan fingerprint density at radius 2 is 1.91 bits per heavy atom. The van der Waals surface area contributed by atoms with Crippen molar-refractivity contribution < 1.29 is 9.84 Å². The lowest BCUT2D eigenvalue weighted by molar-refractivity contribution is 0.417. The van der Waals surface area contributed by atoms with Gasteiger partial charge in [0, 0.05) is 5.39 Å². The minimum absolute atomic E-state index is 0.0458. The molecule has 2 aromatic carbocycles. The molecule has 6 nitrogen and oxygen atoms in total. The molecule has 0 amide bonds. The number of aromatic amines is 1. The molecule has 0 saturated heterocycles.